The van der Waals surface area contributed by atoms with Gasteiger partial charge in [-0.25, -0.2) is 0 Å². The highest BCUT2D eigenvalue weighted by atomic mass is 16.5. The molecule has 244 valence electrons. The second-order valence-corrected chi connectivity index (χ2v) is 12.9. The predicted octanol–water partition coefficient (Wildman–Crippen LogP) is 14.6. The molecule has 0 atom stereocenters. The summed E-state index contributed by atoms with van der Waals surface area (Å²) in [6.45, 7) is 6.23. The van der Waals surface area contributed by atoms with E-state index in [2.05, 4.69) is 38.2 Å². The number of ether oxygens (including phenoxy) is 1. The second-order valence-electron chi connectivity index (χ2n) is 12.9. The topological polar surface area (TPSA) is 9.23 Å². The van der Waals surface area contributed by atoms with Crippen LogP contribution in [0.1, 0.15) is 219 Å². The molecule has 0 aromatic carbocycles. The third-order valence-corrected chi connectivity index (χ3v) is 8.79. The fourth-order valence-electron chi connectivity index (χ4n) is 5.96. The van der Waals surface area contributed by atoms with Gasteiger partial charge in [-0.15, -0.1) is 0 Å². The van der Waals surface area contributed by atoms with Gasteiger partial charge in [0.2, 0.25) is 0 Å². The quantitative estimate of drug-likeness (QED) is 0.0534. The van der Waals surface area contributed by atoms with Gasteiger partial charge in [-0.3, -0.25) is 0 Å². The Hall–Kier alpha value is -0.560. The van der Waals surface area contributed by atoms with Crippen molar-refractivity contribution in [3.8, 4) is 0 Å². The van der Waals surface area contributed by atoms with E-state index in [1.165, 1.54) is 205 Å². The summed E-state index contributed by atoms with van der Waals surface area (Å²) < 4.78 is 5.89. The van der Waals surface area contributed by atoms with E-state index >= 15 is 0 Å². The minimum absolute atomic E-state index is 0.992. The van der Waals surface area contributed by atoms with Gasteiger partial charge in [0.1, 0.15) is 0 Å². The van der Waals surface area contributed by atoms with Gasteiger partial charge in [0.25, 0.3) is 0 Å². The SMILES string of the molecule is CC=CCCCCCCCCCCCCCCCCCOCCCCCCCCCCCCCCCCCC=CC. The lowest BCUT2D eigenvalue weighted by Crippen LogP contribution is -1.97. The Bertz CT molecular complexity index is 449. The van der Waals surface area contributed by atoms with Crippen molar-refractivity contribution in [3.05, 3.63) is 24.3 Å². The van der Waals surface area contributed by atoms with Crippen molar-refractivity contribution in [2.24, 2.45) is 0 Å². The highest BCUT2D eigenvalue weighted by Crippen LogP contribution is 2.15. The highest BCUT2D eigenvalue weighted by Gasteiger charge is 1.97. The number of hydrogen-bond acceptors (Lipinski definition) is 1. The number of unbranched alkanes of at least 4 members (excludes halogenated alkanes) is 30. The van der Waals surface area contributed by atoms with Gasteiger partial charge in [-0.05, 0) is 52.4 Å². The lowest BCUT2D eigenvalue weighted by Gasteiger charge is -2.06. The smallest absolute Gasteiger partial charge is 0.0466 e. The van der Waals surface area contributed by atoms with Crippen molar-refractivity contribution < 1.29 is 4.74 Å². The van der Waals surface area contributed by atoms with Crippen LogP contribution in [-0.4, -0.2) is 13.2 Å². The molecule has 0 aromatic rings. The van der Waals surface area contributed by atoms with Crippen LogP contribution in [0.25, 0.3) is 0 Å². The zero-order chi connectivity index (χ0) is 29.6. The molecule has 0 aliphatic rings. The van der Waals surface area contributed by atoms with E-state index in [0.717, 1.165) is 13.2 Å². The average Bonchev–Trinajstić information content (AvgIpc) is 2.98. The second kappa shape index (κ2) is 39.4. The molecule has 0 rings (SSSR count). The summed E-state index contributed by atoms with van der Waals surface area (Å²) in [6, 6.07) is 0. The van der Waals surface area contributed by atoms with Crippen molar-refractivity contribution in [3.63, 3.8) is 0 Å². The lowest BCUT2D eigenvalue weighted by atomic mass is 10.0. The van der Waals surface area contributed by atoms with Gasteiger partial charge in [-0.2, -0.15) is 0 Å². The molecule has 41 heavy (non-hydrogen) atoms. The van der Waals surface area contributed by atoms with Gasteiger partial charge < -0.3 is 4.74 Å². The van der Waals surface area contributed by atoms with Gasteiger partial charge >= 0.3 is 0 Å². The lowest BCUT2D eigenvalue weighted by molar-refractivity contribution is 0.125. The van der Waals surface area contributed by atoms with Crippen molar-refractivity contribution in [1.29, 1.82) is 0 Å². The first kappa shape index (κ1) is 40.4. The fourth-order valence-corrected chi connectivity index (χ4v) is 5.96. The third-order valence-electron chi connectivity index (χ3n) is 8.79. The molecular formula is C40H78O. The average molecular weight is 575 g/mol. The molecule has 0 unspecified atom stereocenters. The summed E-state index contributed by atoms with van der Waals surface area (Å²) >= 11 is 0. The maximum absolute atomic E-state index is 5.89. The van der Waals surface area contributed by atoms with Crippen LogP contribution < -0.4 is 0 Å². The molecule has 0 amide bonds. The summed E-state index contributed by atoms with van der Waals surface area (Å²) in [7, 11) is 0. The predicted molar refractivity (Wildman–Crippen MR) is 188 cm³/mol. The van der Waals surface area contributed by atoms with Crippen LogP contribution in [0.3, 0.4) is 0 Å². The maximum atomic E-state index is 5.89. The molecule has 0 heterocycles. The van der Waals surface area contributed by atoms with Crippen LogP contribution >= 0.6 is 0 Å². The van der Waals surface area contributed by atoms with Crippen molar-refractivity contribution in [2.75, 3.05) is 13.2 Å². The number of hydrogen-bond donors (Lipinski definition) is 0. The number of allylic oxidation sites excluding steroid dienone is 4. The molecule has 0 radical (unpaired) electrons. The van der Waals surface area contributed by atoms with Crippen molar-refractivity contribution in [2.45, 2.75) is 219 Å². The Morgan fingerprint density at radius 3 is 0.683 bits per heavy atom. The van der Waals surface area contributed by atoms with E-state index in [1.54, 1.807) is 0 Å². The molecule has 0 bridgehead atoms. The van der Waals surface area contributed by atoms with Gasteiger partial charge in [0.15, 0.2) is 0 Å². The Morgan fingerprint density at radius 2 is 0.463 bits per heavy atom. The van der Waals surface area contributed by atoms with Crippen LogP contribution in [0.5, 0.6) is 0 Å². The van der Waals surface area contributed by atoms with E-state index in [-0.39, 0.29) is 0 Å². The standard InChI is InChI=1S/C40H78O/c1-3-5-7-9-11-13-15-17-19-21-23-25-27-29-31-33-35-37-39-41-40-38-36-34-32-30-28-26-24-22-20-18-16-14-12-10-8-6-4-2/h3-6H,7-40H2,1-2H3. The van der Waals surface area contributed by atoms with E-state index in [1.807, 2.05) is 0 Å². The molecule has 0 aromatic heterocycles. The summed E-state index contributed by atoms with van der Waals surface area (Å²) in [6.07, 6.45) is 54.4. The molecule has 0 saturated carbocycles. The first-order chi connectivity index (χ1) is 20.4. The Kier molecular flexibility index (Phi) is 38.9. The molecule has 0 saturated heterocycles. The van der Waals surface area contributed by atoms with E-state index < -0.39 is 0 Å². The molecule has 0 aliphatic carbocycles. The van der Waals surface area contributed by atoms with Crippen molar-refractivity contribution in [1.82, 2.24) is 0 Å². The third kappa shape index (κ3) is 39.4. The molecule has 0 spiro atoms. The zero-order valence-corrected chi connectivity index (χ0v) is 28.8. The first-order valence-electron chi connectivity index (χ1n) is 19.2. The minimum atomic E-state index is 0.992. The molecule has 0 aliphatic heterocycles. The molecule has 1 nitrogen and oxygen atoms in total. The van der Waals surface area contributed by atoms with Crippen molar-refractivity contribution >= 4 is 0 Å². The summed E-state index contributed by atoms with van der Waals surface area (Å²) in [5.41, 5.74) is 0. The van der Waals surface area contributed by atoms with Crippen LogP contribution in [0.4, 0.5) is 0 Å². The van der Waals surface area contributed by atoms with E-state index in [4.69, 9.17) is 4.74 Å². The first-order valence-corrected chi connectivity index (χ1v) is 19.2. The fraction of sp³-hybridized carbons (Fsp3) is 0.900. The van der Waals surface area contributed by atoms with Gasteiger partial charge in [-0.1, -0.05) is 191 Å². The van der Waals surface area contributed by atoms with E-state index in [9.17, 15) is 0 Å². The summed E-state index contributed by atoms with van der Waals surface area (Å²) in [5, 5.41) is 0. The highest BCUT2D eigenvalue weighted by molar-refractivity contribution is 4.76. The van der Waals surface area contributed by atoms with Crippen LogP contribution in [0.15, 0.2) is 24.3 Å². The molecule has 0 N–H and O–H groups in total. The van der Waals surface area contributed by atoms with E-state index in [0.29, 0.717) is 0 Å². The minimum Gasteiger partial charge on any atom is -0.381 e. The number of rotatable bonds is 36. The Labute approximate surface area is 261 Å². The van der Waals surface area contributed by atoms with Gasteiger partial charge in [0.05, 0.1) is 0 Å². The van der Waals surface area contributed by atoms with Crippen LogP contribution in [-0.2, 0) is 4.74 Å². The monoisotopic (exact) mass is 575 g/mol. The van der Waals surface area contributed by atoms with Crippen LogP contribution in [0.2, 0.25) is 0 Å². The normalized spacial score (nSPS) is 12.0. The molecule has 0 fully saturated rings. The largest absolute Gasteiger partial charge is 0.381 e. The molecular weight excluding hydrogens is 496 g/mol. The van der Waals surface area contributed by atoms with Crippen LogP contribution in [0, 0.1) is 0 Å². The molecule has 1 heteroatoms. The maximum Gasteiger partial charge on any atom is 0.0466 e. The summed E-state index contributed by atoms with van der Waals surface area (Å²) in [5.74, 6) is 0. The Morgan fingerprint density at radius 1 is 0.268 bits per heavy atom. The summed E-state index contributed by atoms with van der Waals surface area (Å²) in [4.78, 5) is 0. The zero-order valence-electron chi connectivity index (χ0n) is 28.8. The Balaban J connectivity index is 3.03. The van der Waals surface area contributed by atoms with Gasteiger partial charge in [0, 0.05) is 13.2 Å².